The summed E-state index contributed by atoms with van der Waals surface area (Å²) in [5.74, 6) is -1.40. The molecule has 1 fully saturated rings. The maximum absolute atomic E-state index is 12.5. The van der Waals surface area contributed by atoms with Crippen LogP contribution in [0.3, 0.4) is 0 Å². The maximum atomic E-state index is 12.5. The summed E-state index contributed by atoms with van der Waals surface area (Å²) in [7, 11) is 1.81. The van der Waals surface area contributed by atoms with E-state index in [2.05, 4.69) is 4.98 Å². The molecule has 2 heterocycles. The van der Waals surface area contributed by atoms with E-state index >= 15 is 0 Å². The number of para-hydroxylation sites is 1. The molecule has 0 aliphatic carbocycles. The Kier molecular flexibility index (Phi) is 5.06. The number of aromatic nitrogens is 1. The van der Waals surface area contributed by atoms with Crippen molar-refractivity contribution in [3.63, 3.8) is 0 Å². The average molecular weight is 374 g/mol. The van der Waals surface area contributed by atoms with Gasteiger partial charge in [-0.25, -0.2) is 14.7 Å². The monoisotopic (exact) mass is 374 g/mol. The Morgan fingerprint density at radius 3 is 2.38 bits per heavy atom. The molecule has 7 nitrogen and oxygen atoms in total. The Balaban J connectivity index is 1.74. The number of hydrogen-bond acceptors (Lipinski definition) is 6. The minimum atomic E-state index is -0.765. The van der Waals surface area contributed by atoms with Crippen LogP contribution in [0.1, 0.15) is 31.8 Å². The molecule has 8 heteroatoms. The van der Waals surface area contributed by atoms with E-state index in [1.165, 1.54) is 0 Å². The topological polar surface area (TPSA) is 73.8 Å². The molecular formula is C18H22N4O3S. The number of benzene rings is 1. The van der Waals surface area contributed by atoms with Crippen LogP contribution in [0, 0.1) is 5.92 Å². The minimum Gasteiger partial charge on any atom is -0.279 e. The van der Waals surface area contributed by atoms with E-state index in [1.54, 1.807) is 11.3 Å². The van der Waals surface area contributed by atoms with Gasteiger partial charge in [0.15, 0.2) is 0 Å². The number of carbonyl (C=O) groups is 3. The molecule has 0 bridgehead atoms. The number of hydrogen-bond donors (Lipinski definition) is 0. The van der Waals surface area contributed by atoms with Gasteiger partial charge in [-0.15, -0.1) is 11.3 Å². The lowest BCUT2D eigenvalue weighted by molar-refractivity contribution is -0.144. The third-order valence-corrected chi connectivity index (χ3v) is 5.58. The van der Waals surface area contributed by atoms with Crippen molar-refractivity contribution in [3.8, 4) is 0 Å². The molecule has 2 aromatic rings. The fraction of sp³-hybridized carbons (Fsp3) is 0.444. The molecule has 1 atom stereocenters. The number of fused-ring (bicyclic) bond motifs is 1. The minimum absolute atomic E-state index is 0.0507. The van der Waals surface area contributed by atoms with Crippen molar-refractivity contribution in [1.82, 2.24) is 19.7 Å². The average Bonchev–Trinajstić information content (AvgIpc) is 3.12. The highest BCUT2D eigenvalue weighted by molar-refractivity contribution is 7.18. The summed E-state index contributed by atoms with van der Waals surface area (Å²) in [5.41, 5.74) is 0.930. The molecule has 1 aliphatic rings. The summed E-state index contributed by atoms with van der Waals surface area (Å²) in [6.45, 7) is 6.06. The molecule has 0 saturated carbocycles. The summed E-state index contributed by atoms with van der Waals surface area (Å²) >= 11 is 1.58. The molecule has 1 aromatic heterocycles. The van der Waals surface area contributed by atoms with E-state index in [1.807, 2.05) is 57.0 Å². The van der Waals surface area contributed by atoms with E-state index in [0.29, 0.717) is 0 Å². The molecule has 0 spiro atoms. The van der Waals surface area contributed by atoms with Gasteiger partial charge >= 0.3 is 17.8 Å². The van der Waals surface area contributed by atoms with Crippen LogP contribution in [-0.2, 0) is 9.59 Å². The molecule has 3 rings (SSSR count). The van der Waals surface area contributed by atoms with Crippen molar-refractivity contribution in [1.29, 1.82) is 0 Å². The Morgan fingerprint density at radius 2 is 1.73 bits per heavy atom. The lowest BCUT2D eigenvalue weighted by Gasteiger charge is -2.26. The quantitative estimate of drug-likeness (QED) is 0.574. The molecule has 0 unspecified atom stereocenters. The van der Waals surface area contributed by atoms with Gasteiger partial charge in [-0.1, -0.05) is 26.0 Å². The molecule has 4 amide bonds. The molecule has 0 N–H and O–H groups in total. The van der Waals surface area contributed by atoms with Gasteiger partial charge in [-0.2, -0.15) is 0 Å². The first kappa shape index (κ1) is 18.5. The summed E-state index contributed by atoms with van der Waals surface area (Å²) < 4.78 is 1.09. The smallest absolute Gasteiger partial charge is 0.279 e. The van der Waals surface area contributed by atoms with Crippen LogP contribution in [0.25, 0.3) is 10.2 Å². The summed E-state index contributed by atoms with van der Waals surface area (Å²) in [4.78, 5) is 45.3. The summed E-state index contributed by atoms with van der Waals surface area (Å²) in [6, 6.07) is 7.24. The van der Waals surface area contributed by atoms with Crippen molar-refractivity contribution >= 4 is 39.4 Å². The van der Waals surface area contributed by atoms with E-state index in [9.17, 15) is 14.4 Å². The molecule has 0 radical (unpaired) electrons. The normalized spacial score (nSPS) is 16.6. The van der Waals surface area contributed by atoms with Crippen LogP contribution >= 0.6 is 11.3 Å². The third-order valence-electron chi connectivity index (χ3n) is 4.38. The number of rotatable bonds is 6. The van der Waals surface area contributed by atoms with Gasteiger partial charge in [0.05, 0.1) is 22.9 Å². The van der Waals surface area contributed by atoms with Crippen molar-refractivity contribution in [2.75, 3.05) is 20.3 Å². The van der Waals surface area contributed by atoms with Gasteiger partial charge in [-0.05, 0) is 32.0 Å². The Hall–Kier alpha value is -2.32. The van der Waals surface area contributed by atoms with Gasteiger partial charge in [0, 0.05) is 6.54 Å². The van der Waals surface area contributed by atoms with Crippen LogP contribution in [0.2, 0.25) is 0 Å². The third kappa shape index (κ3) is 3.34. The molecule has 1 aromatic carbocycles. The zero-order valence-corrected chi connectivity index (χ0v) is 16.1. The summed E-state index contributed by atoms with van der Waals surface area (Å²) in [6.07, 6.45) is 0. The lowest BCUT2D eigenvalue weighted by Crippen LogP contribution is -2.42. The first-order valence-electron chi connectivity index (χ1n) is 8.52. The van der Waals surface area contributed by atoms with Gasteiger partial charge in [0.1, 0.15) is 5.01 Å². The van der Waals surface area contributed by atoms with Crippen molar-refractivity contribution in [2.24, 2.45) is 5.92 Å². The zero-order chi connectivity index (χ0) is 19.0. The van der Waals surface area contributed by atoms with Crippen LogP contribution in [-0.4, -0.2) is 57.8 Å². The Bertz CT molecular complexity index is 830. The zero-order valence-electron chi connectivity index (χ0n) is 15.3. The number of nitrogens with zero attached hydrogens (tertiary/aromatic N) is 4. The second kappa shape index (κ2) is 7.13. The second-order valence-electron chi connectivity index (χ2n) is 6.92. The number of carbonyl (C=O) groups excluding carboxylic acids is 3. The van der Waals surface area contributed by atoms with Crippen molar-refractivity contribution in [2.45, 2.75) is 26.8 Å². The second-order valence-corrected chi connectivity index (χ2v) is 7.98. The SMILES string of the molecule is CC(C)CN1C(=O)C(=O)N(CN(C)[C@H](C)c2nc3ccccc3s2)C1=O. The number of thiazole rings is 1. The van der Waals surface area contributed by atoms with E-state index in [-0.39, 0.29) is 25.2 Å². The highest BCUT2D eigenvalue weighted by Gasteiger charge is 2.45. The highest BCUT2D eigenvalue weighted by atomic mass is 32.1. The van der Waals surface area contributed by atoms with Crippen molar-refractivity contribution < 1.29 is 14.4 Å². The van der Waals surface area contributed by atoms with Crippen LogP contribution in [0.5, 0.6) is 0 Å². The fourth-order valence-corrected chi connectivity index (χ4v) is 3.89. The molecule has 1 aliphatic heterocycles. The van der Waals surface area contributed by atoms with Gasteiger partial charge in [-0.3, -0.25) is 19.4 Å². The molecular weight excluding hydrogens is 352 g/mol. The number of urea groups is 1. The standard InChI is InChI=1S/C18H22N4O3S/c1-11(2)9-21-16(23)17(24)22(18(21)25)10-20(4)12(3)15-19-13-7-5-6-8-14(13)26-15/h5-8,11-12H,9-10H2,1-4H3/t12-/m1/s1. The van der Waals surface area contributed by atoms with Crippen LogP contribution in [0.15, 0.2) is 24.3 Å². The van der Waals surface area contributed by atoms with Crippen LogP contribution < -0.4 is 0 Å². The van der Waals surface area contributed by atoms with E-state index < -0.39 is 17.8 Å². The first-order chi connectivity index (χ1) is 12.3. The van der Waals surface area contributed by atoms with E-state index in [0.717, 1.165) is 25.0 Å². The highest BCUT2D eigenvalue weighted by Crippen LogP contribution is 2.29. The number of imide groups is 2. The largest absolute Gasteiger partial charge is 0.335 e. The predicted molar refractivity (Wildman–Crippen MR) is 99.5 cm³/mol. The van der Waals surface area contributed by atoms with Crippen LogP contribution in [0.4, 0.5) is 4.79 Å². The van der Waals surface area contributed by atoms with Gasteiger partial charge < -0.3 is 0 Å². The predicted octanol–water partition coefficient (Wildman–Crippen LogP) is 2.69. The molecule has 1 saturated heterocycles. The Labute approximate surface area is 156 Å². The molecule has 26 heavy (non-hydrogen) atoms. The maximum Gasteiger partial charge on any atom is 0.335 e. The Morgan fingerprint density at radius 1 is 1.08 bits per heavy atom. The number of amides is 4. The fourth-order valence-electron chi connectivity index (χ4n) is 2.80. The van der Waals surface area contributed by atoms with E-state index in [4.69, 9.17) is 0 Å². The lowest BCUT2D eigenvalue weighted by atomic mass is 10.2. The molecule has 138 valence electrons. The van der Waals surface area contributed by atoms with Gasteiger partial charge in [0.2, 0.25) is 0 Å². The first-order valence-corrected chi connectivity index (χ1v) is 9.34. The van der Waals surface area contributed by atoms with Gasteiger partial charge in [0.25, 0.3) is 0 Å². The van der Waals surface area contributed by atoms with Crippen molar-refractivity contribution in [3.05, 3.63) is 29.3 Å². The summed E-state index contributed by atoms with van der Waals surface area (Å²) in [5, 5.41) is 0.901.